The molecule has 0 radical (unpaired) electrons. The summed E-state index contributed by atoms with van der Waals surface area (Å²) in [5.74, 6) is -1.36. The van der Waals surface area contributed by atoms with E-state index < -0.39 is 5.91 Å². The van der Waals surface area contributed by atoms with Gasteiger partial charge < -0.3 is 24.7 Å². The van der Waals surface area contributed by atoms with Crippen molar-refractivity contribution in [2.75, 3.05) is 41.8 Å². The zero-order valence-electron chi connectivity index (χ0n) is 35.8. The van der Waals surface area contributed by atoms with Gasteiger partial charge in [-0.05, 0) is 82.9 Å². The van der Waals surface area contributed by atoms with Gasteiger partial charge in [-0.2, -0.15) is 0 Å². The van der Waals surface area contributed by atoms with Gasteiger partial charge in [0.2, 0.25) is 0 Å². The van der Waals surface area contributed by atoms with Gasteiger partial charge in [0.05, 0.1) is 37.4 Å². The molecule has 328 valence electrons. The Morgan fingerprint density at radius 2 is 1.11 bits per heavy atom. The van der Waals surface area contributed by atoms with E-state index in [0.717, 1.165) is 54.2 Å². The standard InChI is InChI=1S/C26H24N4O3.C26H19N3O4/c31-25-23(20-6-2-1-3-7-20)24(26(32)30(25)18-19-5-4-12-27-17-19)28-21-8-10-22(11-9-21)29-13-15-33-16-14-29;1-16(30)22-13-19-12-20(9-10-21(19)33-22)28-24-23(18-7-3-2-4-8-18)25(31)29(26(24)32)15-17-6-5-11-27-14-17/h1-12,17,28H,13-16,18H2;2-14,28H,15H2,1H3. The number of nitrogens with one attached hydrogen (secondary N) is 2. The number of anilines is 3. The van der Waals surface area contributed by atoms with Gasteiger partial charge in [-0.1, -0.05) is 72.8 Å². The Hall–Kier alpha value is -8.49. The van der Waals surface area contributed by atoms with Crippen LogP contribution in [-0.4, -0.2) is 75.5 Å². The van der Waals surface area contributed by atoms with Gasteiger partial charge in [-0.15, -0.1) is 0 Å². The zero-order valence-corrected chi connectivity index (χ0v) is 35.8. The third-order valence-corrected chi connectivity index (χ3v) is 11.2. The fourth-order valence-corrected chi connectivity index (χ4v) is 7.93. The van der Waals surface area contributed by atoms with Crippen LogP contribution < -0.4 is 15.5 Å². The summed E-state index contributed by atoms with van der Waals surface area (Å²) < 4.78 is 11.0. The minimum absolute atomic E-state index is 0.121. The second-order valence-corrected chi connectivity index (χ2v) is 15.7. The summed E-state index contributed by atoms with van der Waals surface area (Å²) in [6.07, 6.45) is 6.60. The minimum atomic E-state index is -0.417. The number of rotatable bonds is 12. The summed E-state index contributed by atoms with van der Waals surface area (Å²) >= 11 is 0. The predicted molar refractivity (Wildman–Crippen MR) is 249 cm³/mol. The van der Waals surface area contributed by atoms with E-state index in [1.165, 1.54) is 16.7 Å². The normalized spacial score (nSPS) is 15.1. The van der Waals surface area contributed by atoms with E-state index >= 15 is 0 Å². The Balaban J connectivity index is 0.000000166. The van der Waals surface area contributed by atoms with Crippen molar-refractivity contribution in [1.82, 2.24) is 19.8 Å². The molecule has 2 N–H and O–H groups in total. The summed E-state index contributed by atoms with van der Waals surface area (Å²) in [6.45, 7) is 4.87. The smallest absolute Gasteiger partial charge is 0.278 e. The van der Waals surface area contributed by atoms with Crippen molar-refractivity contribution in [1.29, 1.82) is 0 Å². The lowest BCUT2D eigenvalue weighted by atomic mass is 10.0. The third kappa shape index (κ3) is 9.12. The lowest BCUT2D eigenvalue weighted by Crippen LogP contribution is -2.36. The van der Waals surface area contributed by atoms with Gasteiger partial charge in [0.15, 0.2) is 11.5 Å². The van der Waals surface area contributed by atoms with Crippen molar-refractivity contribution in [3.63, 3.8) is 0 Å². The molecule has 1 fully saturated rings. The highest BCUT2D eigenvalue weighted by molar-refractivity contribution is 6.37. The summed E-state index contributed by atoms with van der Waals surface area (Å²) in [4.78, 5) is 78.0. The Morgan fingerprint density at radius 3 is 1.61 bits per heavy atom. The SMILES string of the molecule is CC(=O)c1cc2cc(NC3=C(c4ccccc4)C(=O)N(Cc4cccnc4)C3=O)ccc2o1.O=C1C(Nc2ccc(N3CCOCC3)cc2)=C(c2ccccc2)C(=O)N1Cc1cccnc1. The first-order valence-electron chi connectivity index (χ1n) is 21.3. The van der Waals surface area contributed by atoms with E-state index in [9.17, 15) is 24.0 Å². The Kier molecular flexibility index (Phi) is 12.4. The van der Waals surface area contributed by atoms with Gasteiger partial charge in [-0.3, -0.25) is 43.7 Å². The van der Waals surface area contributed by atoms with Crippen LogP contribution in [0.25, 0.3) is 22.1 Å². The first-order valence-corrected chi connectivity index (χ1v) is 21.3. The second-order valence-electron chi connectivity index (χ2n) is 15.7. The number of fused-ring (bicyclic) bond motifs is 1. The monoisotopic (exact) mass is 877 g/mol. The maximum Gasteiger partial charge on any atom is 0.278 e. The van der Waals surface area contributed by atoms with Gasteiger partial charge in [0.25, 0.3) is 23.6 Å². The van der Waals surface area contributed by atoms with Crippen LogP contribution >= 0.6 is 0 Å². The van der Waals surface area contributed by atoms with Gasteiger partial charge in [0.1, 0.15) is 17.0 Å². The Morgan fingerprint density at radius 1 is 0.591 bits per heavy atom. The fourth-order valence-electron chi connectivity index (χ4n) is 7.93. The average Bonchev–Trinajstić information content (AvgIpc) is 3.96. The fraction of sp³-hybridized carbons (Fsp3) is 0.135. The number of pyridine rings is 2. The molecule has 1 saturated heterocycles. The molecule has 0 bridgehead atoms. The molecule has 4 amide bonds. The highest BCUT2D eigenvalue weighted by atomic mass is 16.5. The second kappa shape index (κ2) is 19.1. The lowest BCUT2D eigenvalue weighted by molar-refractivity contribution is -0.139. The third-order valence-electron chi connectivity index (χ3n) is 11.2. The number of Topliss-reactive ketones (excluding diaryl/α,β-unsaturated/α-hetero) is 1. The number of aromatic nitrogens is 2. The van der Waals surface area contributed by atoms with Gasteiger partial charge in [-0.25, -0.2) is 0 Å². The van der Waals surface area contributed by atoms with Crippen LogP contribution in [-0.2, 0) is 37.0 Å². The number of ketones is 1. The van der Waals surface area contributed by atoms with Crippen LogP contribution in [0.15, 0.2) is 174 Å². The summed E-state index contributed by atoms with van der Waals surface area (Å²) in [5.41, 5.74) is 7.09. The van der Waals surface area contributed by atoms with E-state index in [-0.39, 0.29) is 53.7 Å². The highest BCUT2D eigenvalue weighted by Gasteiger charge is 2.40. The van der Waals surface area contributed by atoms with E-state index in [2.05, 4.69) is 25.5 Å². The molecule has 6 heterocycles. The van der Waals surface area contributed by atoms with E-state index in [1.54, 1.807) is 73.3 Å². The van der Waals surface area contributed by atoms with Gasteiger partial charge >= 0.3 is 0 Å². The minimum Gasteiger partial charge on any atom is -0.453 e. The molecule has 66 heavy (non-hydrogen) atoms. The number of carbonyl (C=O) groups excluding carboxylic acids is 5. The zero-order chi connectivity index (χ0) is 45.6. The Labute approximate surface area is 379 Å². The molecule has 4 aromatic carbocycles. The molecule has 0 atom stereocenters. The topological polar surface area (TPSA) is 167 Å². The number of imide groups is 2. The average molecular weight is 878 g/mol. The van der Waals surface area contributed by atoms with Crippen molar-refractivity contribution in [3.8, 4) is 0 Å². The molecule has 0 spiro atoms. The largest absolute Gasteiger partial charge is 0.453 e. The molecule has 3 aromatic heterocycles. The maximum atomic E-state index is 13.4. The molecular formula is C52H43N7O7. The van der Waals surface area contributed by atoms with Crippen molar-refractivity contribution in [3.05, 3.63) is 198 Å². The van der Waals surface area contributed by atoms with Crippen molar-refractivity contribution >= 4 is 68.6 Å². The number of hydrogen-bond donors (Lipinski definition) is 2. The van der Waals surface area contributed by atoms with Crippen LogP contribution in [0, 0.1) is 0 Å². The van der Waals surface area contributed by atoms with E-state index in [1.807, 2.05) is 84.9 Å². The van der Waals surface area contributed by atoms with Crippen LogP contribution in [0.2, 0.25) is 0 Å². The number of hydrogen-bond acceptors (Lipinski definition) is 12. The lowest BCUT2D eigenvalue weighted by Gasteiger charge is -2.29. The summed E-state index contributed by atoms with van der Waals surface area (Å²) in [6, 6.07) is 40.4. The number of carbonyl (C=O) groups is 5. The van der Waals surface area contributed by atoms with Crippen molar-refractivity contribution < 1.29 is 33.1 Å². The number of benzene rings is 4. The van der Waals surface area contributed by atoms with Crippen LogP contribution in [0.3, 0.4) is 0 Å². The molecule has 14 heteroatoms. The molecule has 14 nitrogen and oxygen atoms in total. The first-order chi connectivity index (χ1) is 32.2. The van der Waals surface area contributed by atoms with Crippen LogP contribution in [0.5, 0.6) is 0 Å². The molecule has 0 saturated carbocycles. The predicted octanol–water partition coefficient (Wildman–Crippen LogP) is 7.73. The van der Waals surface area contributed by atoms with Crippen LogP contribution in [0.1, 0.15) is 39.7 Å². The number of nitrogens with zero attached hydrogens (tertiary/aromatic N) is 5. The van der Waals surface area contributed by atoms with Crippen molar-refractivity contribution in [2.45, 2.75) is 20.0 Å². The summed E-state index contributed by atoms with van der Waals surface area (Å²) in [7, 11) is 0. The molecule has 3 aliphatic rings. The molecule has 0 unspecified atom stereocenters. The molecule has 3 aliphatic heterocycles. The van der Waals surface area contributed by atoms with E-state index in [0.29, 0.717) is 33.5 Å². The number of morpholine rings is 1. The Bertz CT molecular complexity index is 3000. The molecule has 10 rings (SSSR count). The summed E-state index contributed by atoms with van der Waals surface area (Å²) in [5, 5.41) is 7.08. The number of ether oxygens (including phenoxy) is 1. The quantitative estimate of drug-likeness (QED) is 0.0907. The number of amides is 4. The highest BCUT2D eigenvalue weighted by Crippen LogP contribution is 2.34. The van der Waals surface area contributed by atoms with E-state index in [4.69, 9.17) is 9.15 Å². The van der Waals surface area contributed by atoms with Crippen LogP contribution in [0.4, 0.5) is 17.1 Å². The van der Waals surface area contributed by atoms with Crippen molar-refractivity contribution in [2.24, 2.45) is 0 Å². The number of furan rings is 1. The molecular weight excluding hydrogens is 835 g/mol. The first kappa shape index (κ1) is 42.8. The molecule has 7 aromatic rings. The maximum absolute atomic E-state index is 13.4. The molecule has 0 aliphatic carbocycles. The van der Waals surface area contributed by atoms with Gasteiger partial charge in [0, 0.05) is 67.2 Å².